The Morgan fingerprint density at radius 3 is 2.56 bits per heavy atom. The summed E-state index contributed by atoms with van der Waals surface area (Å²) in [6.45, 7) is 4.10. The molecule has 5 heteroatoms. The highest BCUT2D eigenvalue weighted by Crippen LogP contribution is 2.26. The van der Waals surface area contributed by atoms with Crippen molar-refractivity contribution in [2.24, 2.45) is 0 Å². The predicted molar refractivity (Wildman–Crippen MR) is 74.7 cm³/mol. The number of anilines is 2. The number of aromatic nitrogens is 2. The van der Waals surface area contributed by atoms with E-state index in [-0.39, 0.29) is 11.2 Å². The Balaban J connectivity index is 2.18. The summed E-state index contributed by atoms with van der Waals surface area (Å²) in [4.78, 5) is 7.91. The van der Waals surface area contributed by atoms with Crippen molar-refractivity contribution in [2.45, 2.75) is 19.9 Å². The molecule has 1 aromatic heterocycles. The highest BCUT2D eigenvalue weighted by molar-refractivity contribution is 6.32. The first-order chi connectivity index (χ1) is 8.58. The third kappa shape index (κ3) is 2.71. The number of halogens is 1. The second-order valence-corrected chi connectivity index (χ2v) is 4.56. The number of nitrogen functional groups attached to an aromatic ring is 1. The van der Waals surface area contributed by atoms with Gasteiger partial charge in [-0.05, 0) is 19.4 Å². The maximum Gasteiger partial charge on any atom is 0.157 e. The molecule has 1 aromatic carbocycles. The van der Waals surface area contributed by atoms with E-state index in [1.165, 1.54) is 11.9 Å². The number of nitrogens with one attached hydrogen (secondary N) is 1. The molecule has 0 spiro atoms. The van der Waals surface area contributed by atoms with Gasteiger partial charge in [0.15, 0.2) is 11.0 Å². The van der Waals surface area contributed by atoms with Crippen molar-refractivity contribution in [1.82, 2.24) is 9.97 Å². The van der Waals surface area contributed by atoms with Gasteiger partial charge in [-0.1, -0.05) is 41.4 Å². The van der Waals surface area contributed by atoms with E-state index in [1.54, 1.807) is 0 Å². The Kier molecular flexibility index (Phi) is 3.67. The van der Waals surface area contributed by atoms with Crippen molar-refractivity contribution in [3.63, 3.8) is 0 Å². The summed E-state index contributed by atoms with van der Waals surface area (Å²) < 4.78 is 0. The monoisotopic (exact) mass is 262 g/mol. The topological polar surface area (TPSA) is 63.8 Å². The largest absolute Gasteiger partial charge is 0.393 e. The highest BCUT2D eigenvalue weighted by Gasteiger charge is 2.10. The van der Waals surface area contributed by atoms with Crippen LogP contribution in [0.3, 0.4) is 0 Å². The lowest BCUT2D eigenvalue weighted by molar-refractivity contribution is 0.872. The molecule has 0 saturated heterocycles. The fourth-order valence-corrected chi connectivity index (χ4v) is 1.77. The van der Waals surface area contributed by atoms with Gasteiger partial charge in [0.2, 0.25) is 0 Å². The van der Waals surface area contributed by atoms with E-state index in [0.717, 1.165) is 5.56 Å². The molecule has 4 nitrogen and oxygen atoms in total. The maximum atomic E-state index is 5.85. The minimum Gasteiger partial charge on any atom is -0.393 e. The zero-order valence-electron chi connectivity index (χ0n) is 10.3. The van der Waals surface area contributed by atoms with Crippen molar-refractivity contribution in [3.8, 4) is 0 Å². The van der Waals surface area contributed by atoms with Crippen molar-refractivity contribution in [3.05, 3.63) is 46.9 Å². The minimum absolute atomic E-state index is 0.0962. The molecule has 3 N–H and O–H groups in total. The molecular formula is C13H15ClN4. The number of rotatable bonds is 3. The van der Waals surface area contributed by atoms with Gasteiger partial charge in [-0.25, -0.2) is 9.97 Å². The predicted octanol–water partition coefficient (Wildman–Crippen LogP) is 3.19. The molecule has 18 heavy (non-hydrogen) atoms. The molecule has 0 saturated carbocycles. The average molecular weight is 263 g/mol. The first-order valence-corrected chi connectivity index (χ1v) is 6.05. The van der Waals surface area contributed by atoms with Gasteiger partial charge < -0.3 is 11.1 Å². The normalized spacial score (nSPS) is 12.2. The van der Waals surface area contributed by atoms with Gasteiger partial charge in [-0.3, -0.25) is 0 Å². The van der Waals surface area contributed by atoms with Crippen LogP contribution in [0.2, 0.25) is 5.15 Å². The zero-order valence-corrected chi connectivity index (χ0v) is 11.1. The average Bonchev–Trinajstić information content (AvgIpc) is 2.36. The van der Waals surface area contributed by atoms with E-state index >= 15 is 0 Å². The Labute approximate surface area is 111 Å². The number of benzene rings is 1. The van der Waals surface area contributed by atoms with Crippen LogP contribution in [-0.4, -0.2) is 9.97 Å². The third-order valence-electron chi connectivity index (χ3n) is 2.77. The van der Waals surface area contributed by atoms with Gasteiger partial charge in [0.25, 0.3) is 0 Å². The molecular weight excluding hydrogens is 248 g/mol. The molecule has 0 aliphatic heterocycles. The van der Waals surface area contributed by atoms with E-state index in [2.05, 4.69) is 46.5 Å². The summed E-state index contributed by atoms with van der Waals surface area (Å²) in [6.07, 6.45) is 1.39. The molecule has 1 heterocycles. The van der Waals surface area contributed by atoms with Crippen LogP contribution in [0, 0.1) is 6.92 Å². The van der Waals surface area contributed by atoms with Gasteiger partial charge in [-0.15, -0.1) is 0 Å². The molecule has 0 aliphatic rings. The number of nitrogens with two attached hydrogens (primary N) is 1. The molecule has 0 fully saturated rings. The van der Waals surface area contributed by atoms with Crippen LogP contribution in [-0.2, 0) is 0 Å². The Morgan fingerprint density at radius 2 is 1.89 bits per heavy atom. The number of aryl methyl sites for hydroxylation is 1. The second-order valence-electron chi connectivity index (χ2n) is 4.20. The third-order valence-corrected chi connectivity index (χ3v) is 3.07. The van der Waals surface area contributed by atoms with Gasteiger partial charge >= 0.3 is 0 Å². The first kappa shape index (κ1) is 12.6. The summed E-state index contributed by atoms with van der Waals surface area (Å²) in [5.41, 5.74) is 8.58. The molecule has 1 atom stereocenters. The lowest BCUT2D eigenvalue weighted by atomic mass is 10.1. The molecule has 0 aliphatic carbocycles. The van der Waals surface area contributed by atoms with Crippen molar-refractivity contribution in [2.75, 3.05) is 11.1 Å². The van der Waals surface area contributed by atoms with E-state index in [9.17, 15) is 0 Å². The molecule has 2 rings (SSSR count). The highest BCUT2D eigenvalue weighted by atomic mass is 35.5. The fraction of sp³-hybridized carbons (Fsp3) is 0.231. The molecule has 94 valence electrons. The van der Waals surface area contributed by atoms with E-state index in [1.807, 2.05) is 6.92 Å². The van der Waals surface area contributed by atoms with Crippen LogP contribution in [0.4, 0.5) is 11.5 Å². The first-order valence-electron chi connectivity index (χ1n) is 5.67. The Morgan fingerprint density at radius 1 is 1.22 bits per heavy atom. The quantitative estimate of drug-likeness (QED) is 0.834. The number of nitrogens with zero attached hydrogens (tertiary/aromatic N) is 2. The minimum atomic E-state index is 0.0962. The van der Waals surface area contributed by atoms with E-state index < -0.39 is 0 Å². The zero-order chi connectivity index (χ0) is 13.1. The smallest absolute Gasteiger partial charge is 0.157 e. The Bertz CT molecular complexity index is 539. The van der Waals surface area contributed by atoms with Crippen LogP contribution in [0.15, 0.2) is 30.6 Å². The van der Waals surface area contributed by atoms with Crippen molar-refractivity contribution < 1.29 is 0 Å². The molecule has 1 unspecified atom stereocenters. The van der Waals surface area contributed by atoms with E-state index in [4.69, 9.17) is 17.3 Å². The van der Waals surface area contributed by atoms with Crippen LogP contribution in [0.1, 0.15) is 24.1 Å². The number of hydrogen-bond acceptors (Lipinski definition) is 4. The summed E-state index contributed by atoms with van der Waals surface area (Å²) >= 11 is 5.85. The Hall–Kier alpha value is -1.81. The lowest BCUT2D eigenvalue weighted by Crippen LogP contribution is -2.10. The standard InChI is InChI=1S/C13H15ClN4/c1-8-3-5-10(6-4-8)9(2)18-13-11(15)12(14)16-7-17-13/h3-7,9H,15H2,1-2H3,(H,16,17,18). The number of hydrogen-bond donors (Lipinski definition) is 2. The molecule has 2 aromatic rings. The van der Waals surface area contributed by atoms with Gasteiger partial charge in [0.05, 0.1) is 6.04 Å². The van der Waals surface area contributed by atoms with Crippen LogP contribution < -0.4 is 11.1 Å². The van der Waals surface area contributed by atoms with Crippen LogP contribution in [0.25, 0.3) is 0 Å². The van der Waals surface area contributed by atoms with Crippen molar-refractivity contribution in [1.29, 1.82) is 0 Å². The molecule has 0 amide bonds. The van der Waals surface area contributed by atoms with Gasteiger partial charge in [0, 0.05) is 0 Å². The van der Waals surface area contributed by atoms with E-state index in [0.29, 0.717) is 11.5 Å². The summed E-state index contributed by atoms with van der Waals surface area (Å²) in [5, 5.41) is 3.49. The maximum absolute atomic E-state index is 5.85. The summed E-state index contributed by atoms with van der Waals surface area (Å²) in [7, 11) is 0. The van der Waals surface area contributed by atoms with Crippen molar-refractivity contribution >= 4 is 23.1 Å². The summed E-state index contributed by atoms with van der Waals surface area (Å²) in [6, 6.07) is 8.39. The lowest BCUT2D eigenvalue weighted by Gasteiger charge is -2.16. The van der Waals surface area contributed by atoms with Gasteiger partial charge in [0.1, 0.15) is 12.0 Å². The molecule has 0 bridgehead atoms. The SMILES string of the molecule is Cc1ccc(C(C)Nc2ncnc(Cl)c2N)cc1. The van der Waals surface area contributed by atoms with Gasteiger partial charge in [-0.2, -0.15) is 0 Å². The fourth-order valence-electron chi connectivity index (χ4n) is 1.63. The second kappa shape index (κ2) is 5.23. The summed E-state index contributed by atoms with van der Waals surface area (Å²) in [5.74, 6) is 0.558. The van der Waals surface area contributed by atoms with Crippen LogP contribution >= 0.6 is 11.6 Å². The van der Waals surface area contributed by atoms with Crippen LogP contribution in [0.5, 0.6) is 0 Å². The molecule has 0 radical (unpaired) electrons.